The van der Waals surface area contributed by atoms with E-state index >= 15 is 0 Å². The normalized spacial score (nSPS) is 17.4. The molecule has 2 nitrogen and oxygen atoms in total. The van der Waals surface area contributed by atoms with Crippen LogP contribution in [0.3, 0.4) is 0 Å². The first-order chi connectivity index (χ1) is 9.25. The van der Waals surface area contributed by atoms with Crippen LogP contribution in [0.5, 0.6) is 0 Å². The lowest BCUT2D eigenvalue weighted by Crippen LogP contribution is -2.29. The molecule has 0 amide bonds. The van der Waals surface area contributed by atoms with Gasteiger partial charge in [0.1, 0.15) is 0 Å². The molecule has 0 saturated carbocycles. The second-order valence-electron chi connectivity index (χ2n) is 5.96. The number of rotatable bonds is 5. The van der Waals surface area contributed by atoms with Crippen LogP contribution in [-0.4, -0.2) is 31.1 Å². The van der Waals surface area contributed by atoms with Crippen LogP contribution >= 0.6 is 0 Å². The quantitative estimate of drug-likeness (QED) is 0.857. The first kappa shape index (κ1) is 14.4. The van der Waals surface area contributed by atoms with E-state index in [1.165, 1.54) is 56.6 Å². The van der Waals surface area contributed by atoms with Crippen LogP contribution in [0.2, 0.25) is 0 Å². The van der Waals surface area contributed by atoms with Gasteiger partial charge < -0.3 is 10.2 Å². The summed E-state index contributed by atoms with van der Waals surface area (Å²) < 4.78 is 0. The molecule has 1 aromatic carbocycles. The van der Waals surface area contributed by atoms with Crippen LogP contribution in [0.1, 0.15) is 51.0 Å². The number of anilines is 1. The van der Waals surface area contributed by atoms with E-state index < -0.39 is 0 Å². The van der Waals surface area contributed by atoms with E-state index in [1.54, 1.807) is 0 Å². The summed E-state index contributed by atoms with van der Waals surface area (Å²) in [7, 11) is 0. The van der Waals surface area contributed by atoms with E-state index in [-0.39, 0.29) is 0 Å². The Labute approximate surface area is 118 Å². The first-order valence-corrected chi connectivity index (χ1v) is 7.82. The van der Waals surface area contributed by atoms with Gasteiger partial charge in [-0.05, 0) is 49.5 Å². The standard InChI is InChI=1S/C17H28N2/c1-15(2)16-7-9-17(10-8-16)18-11-14-19-12-5-3-4-6-13-19/h7-10,15,18H,3-6,11-14H2,1-2H3. The lowest BCUT2D eigenvalue weighted by atomic mass is 10.0. The van der Waals surface area contributed by atoms with Gasteiger partial charge in [-0.15, -0.1) is 0 Å². The summed E-state index contributed by atoms with van der Waals surface area (Å²) in [4.78, 5) is 2.60. The molecule has 0 aromatic heterocycles. The van der Waals surface area contributed by atoms with Gasteiger partial charge in [-0.2, -0.15) is 0 Å². The van der Waals surface area contributed by atoms with Crippen molar-refractivity contribution in [2.24, 2.45) is 0 Å². The molecular weight excluding hydrogens is 232 g/mol. The number of benzene rings is 1. The molecule has 2 heteroatoms. The maximum atomic E-state index is 3.54. The van der Waals surface area contributed by atoms with Crippen LogP contribution in [0.15, 0.2) is 24.3 Å². The second kappa shape index (κ2) is 7.54. The van der Waals surface area contributed by atoms with Crippen LogP contribution in [-0.2, 0) is 0 Å². The summed E-state index contributed by atoms with van der Waals surface area (Å²) in [6.45, 7) is 9.28. The Morgan fingerprint density at radius 2 is 1.63 bits per heavy atom. The highest BCUT2D eigenvalue weighted by Gasteiger charge is 2.07. The predicted octanol–water partition coefficient (Wildman–Crippen LogP) is 4.10. The zero-order chi connectivity index (χ0) is 13.5. The van der Waals surface area contributed by atoms with Crippen molar-refractivity contribution in [1.29, 1.82) is 0 Å². The van der Waals surface area contributed by atoms with E-state index in [0.717, 1.165) is 6.54 Å². The minimum atomic E-state index is 0.617. The van der Waals surface area contributed by atoms with Gasteiger partial charge in [0.15, 0.2) is 0 Å². The number of hydrogen-bond donors (Lipinski definition) is 1. The van der Waals surface area contributed by atoms with Gasteiger partial charge in [0.05, 0.1) is 0 Å². The third-order valence-corrected chi connectivity index (χ3v) is 4.03. The summed E-state index contributed by atoms with van der Waals surface area (Å²) in [5.74, 6) is 0.617. The minimum absolute atomic E-state index is 0.617. The van der Waals surface area contributed by atoms with Crippen molar-refractivity contribution in [1.82, 2.24) is 4.90 Å². The number of nitrogens with one attached hydrogen (secondary N) is 1. The van der Waals surface area contributed by atoms with Crippen molar-refractivity contribution in [3.8, 4) is 0 Å². The summed E-state index contributed by atoms with van der Waals surface area (Å²) in [5, 5.41) is 3.54. The average molecular weight is 260 g/mol. The summed E-state index contributed by atoms with van der Waals surface area (Å²) in [5.41, 5.74) is 2.66. The molecule has 0 atom stereocenters. The molecular formula is C17H28N2. The predicted molar refractivity (Wildman–Crippen MR) is 83.9 cm³/mol. The highest BCUT2D eigenvalue weighted by atomic mass is 15.1. The van der Waals surface area contributed by atoms with E-state index in [2.05, 4.69) is 48.3 Å². The van der Waals surface area contributed by atoms with Gasteiger partial charge in [0.2, 0.25) is 0 Å². The SMILES string of the molecule is CC(C)c1ccc(NCCN2CCCCCC2)cc1. The molecule has 0 aliphatic carbocycles. The Hall–Kier alpha value is -1.02. The monoisotopic (exact) mass is 260 g/mol. The molecule has 1 heterocycles. The van der Waals surface area contributed by atoms with E-state index in [1.807, 2.05) is 0 Å². The van der Waals surface area contributed by atoms with Gasteiger partial charge >= 0.3 is 0 Å². The van der Waals surface area contributed by atoms with Crippen LogP contribution in [0.4, 0.5) is 5.69 Å². The summed E-state index contributed by atoms with van der Waals surface area (Å²) in [6.07, 6.45) is 5.59. The lowest BCUT2D eigenvalue weighted by Gasteiger charge is -2.20. The van der Waals surface area contributed by atoms with E-state index in [9.17, 15) is 0 Å². The molecule has 0 spiro atoms. The maximum Gasteiger partial charge on any atom is 0.0340 e. The fourth-order valence-corrected chi connectivity index (χ4v) is 2.70. The van der Waals surface area contributed by atoms with Crippen molar-refractivity contribution in [3.05, 3.63) is 29.8 Å². The Kier molecular flexibility index (Phi) is 5.71. The van der Waals surface area contributed by atoms with Crippen LogP contribution < -0.4 is 5.32 Å². The van der Waals surface area contributed by atoms with E-state index in [0.29, 0.717) is 5.92 Å². The Bertz CT molecular complexity index is 348. The molecule has 1 aliphatic rings. The zero-order valence-electron chi connectivity index (χ0n) is 12.5. The third-order valence-electron chi connectivity index (χ3n) is 4.03. The number of hydrogen-bond acceptors (Lipinski definition) is 2. The van der Waals surface area contributed by atoms with Gasteiger partial charge in [0.25, 0.3) is 0 Å². The van der Waals surface area contributed by atoms with E-state index in [4.69, 9.17) is 0 Å². The highest BCUT2D eigenvalue weighted by molar-refractivity contribution is 5.45. The van der Waals surface area contributed by atoms with Gasteiger partial charge in [0, 0.05) is 18.8 Å². The van der Waals surface area contributed by atoms with Crippen molar-refractivity contribution in [2.75, 3.05) is 31.5 Å². The molecule has 19 heavy (non-hydrogen) atoms. The van der Waals surface area contributed by atoms with Crippen LogP contribution in [0.25, 0.3) is 0 Å². The number of nitrogens with zero attached hydrogens (tertiary/aromatic N) is 1. The van der Waals surface area contributed by atoms with Crippen LogP contribution in [0, 0.1) is 0 Å². The third kappa shape index (κ3) is 4.87. The Balaban J connectivity index is 1.72. The van der Waals surface area contributed by atoms with Crippen molar-refractivity contribution in [3.63, 3.8) is 0 Å². The first-order valence-electron chi connectivity index (χ1n) is 7.82. The Morgan fingerprint density at radius 3 is 2.21 bits per heavy atom. The molecule has 1 fully saturated rings. The molecule has 2 rings (SSSR count). The molecule has 0 unspecified atom stereocenters. The molecule has 1 saturated heterocycles. The van der Waals surface area contributed by atoms with Gasteiger partial charge in [-0.25, -0.2) is 0 Å². The average Bonchev–Trinajstić information content (AvgIpc) is 2.68. The molecule has 1 aromatic rings. The molecule has 0 radical (unpaired) electrons. The lowest BCUT2D eigenvalue weighted by molar-refractivity contribution is 0.296. The second-order valence-corrected chi connectivity index (χ2v) is 5.96. The zero-order valence-corrected chi connectivity index (χ0v) is 12.5. The molecule has 0 bridgehead atoms. The molecule has 1 N–H and O–H groups in total. The molecule has 1 aliphatic heterocycles. The minimum Gasteiger partial charge on any atom is -0.384 e. The summed E-state index contributed by atoms with van der Waals surface area (Å²) >= 11 is 0. The van der Waals surface area contributed by atoms with Crippen molar-refractivity contribution < 1.29 is 0 Å². The van der Waals surface area contributed by atoms with Crippen molar-refractivity contribution >= 4 is 5.69 Å². The van der Waals surface area contributed by atoms with Gasteiger partial charge in [-0.3, -0.25) is 0 Å². The topological polar surface area (TPSA) is 15.3 Å². The van der Waals surface area contributed by atoms with Crippen molar-refractivity contribution in [2.45, 2.75) is 45.4 Å². The maximum absolute atomic E-state index is 3.54. The molecule has 106 valence electrons. The summed E-state index contributed by atoms with van der Waals surface area (Å²) in [6, 6.07) is 8.88. The largest absolute Gasteiger partial charge is 0.384 e. The number of likely N-dealkylation sites (tertiary alicyclic amines) is 1. The van der Waals surface area contributed by atoms with Gasteiger partial charge in [-0.1, -0.05) is 38.8 Å². The fraction of sp³-hybridized carbons (Fsp3) is 0.647. The fourth-order valence-electron chi connectivity index (χ4n) is 2.70. The Morgan fingerprint density at radius 1 is 1.00 bits per heavy atom. The highest BCUT2D eigenvalue weighted by Crippen LogP contribution is 2.17. The smallest absolute Gasteiger partial charge is 0.0340 e.